The number of piperidine rings is 1. The fraction of sp³-hybridized carbons (Fsp3) is 0.429. The molecule has 1 aromatic carbocycles. The lowest BCUT2D eigenvalue weighted by Gasteiger charge is -2.31. The van der Waals surface area contributed by atoms with Crippen molar-refractivity contribution in [1.29, 1.82) is 0 Å². The molecule has 2 aromatic heterocycles. The maximum Gasteiger partial charge on any atom is 0.165 e. The van der Waals surface area contributed by atoms with E-state index in [-0.39, 0.29) is 11.2 Å². The molecule has 2 aliphatic rings. The van der Waals surface area contributed by atoms with Crippen LogP contribution < -0.4 is 4.90 Å². The average molecular weight is 429 g/mol. The zero-order chi connectivity index (χ0) is 22.3. The first-order chi connectivity index (χ1) is 15.4. The highest BCUT2D eigenvalue weighted by Gasteiger charge is 2.35. The van der Waals surface area contributed by atoms with Crippen molar-refractivity contribution in [3.8, 4) is 22.6 Å². The van der Waals surface area contributed by atoms with Crippen molar-refractivity contribution in [3.05, 3.63) is 59.5 Å². The molecule has 1 fully saturated rings. The third-order valence-electron chi connectivity index (χ3n) is 6.82. The van der Waals surface area contributed by atoms with Gasteiger partial charge in [0.2, 0.25) is 0 Å². The number of benzene rings is 1. The maximum atomic E-state index is 13.2. The molecular weight excluding hydrogens is 396 g/mol. The number of aryl methyl sites for hydroxylation is 1. The van der Waals surface area contributed by atoms with E-state index < -0.39 is 0 Å². The van der Waals surface area contributed by atoms with Crippen molar-refractivity contribution in [2.24, 2.45) is 5.41 Å². The van der Waals surface area contributed by atoms with Gasteiger partial charge in [0, 0.05) is 42.7 Å². The van der Waals surface area contributed by atoms with Crippen molar-refractivity contribution in [3.63, 3.8) is 0 Å². The summed E-state index contributed by atoms with van der Waals surface area (Å²) in [7, 11) is 0. The second-order valence-corrected chi connectivity index (χ2v) is 10.0. The van der Waals surface area contributed by atoms with Gasteiger partial charge in [-0.25, -0.2) is 0 Å². The zero-order valence-electron chi connectivity index (χ0n) is 19.4. The summed E-state index contributed by atoms with van der Waals surface area (Å²) in [6.07, 6.45) is 6.04. The number of aromatic nitrogens is 1. The number of nitrogens with zero attached hydrogens (tertiary/aromatic N) is 2. The van der Waals surface area contributed by atoms with Gasteiger partial charge in [0.25, 0.3) is 0 Å². The molecule has 1 aliphatic carbocycles. The number of fused-ring (bicyclic) bond motifs is 1. The predicted molar refractivity (Wildman–Crippen MR) is 129 cm³/mol. The second-order valence-electron chi connectivity index (χ2n) is 10.0. The fourth-order valence-electron chi connectivity index (χ4n) is 5.13. The van der Waals surface area contributed by atoms with E-state index in [1.54, 1.807) is 0 Å². The van der Waals surface area contributed by atoms with Crippen molar-refractivity contribution < 1.29 is 9.21 Å². The first kappa shape index (κ1) is 21.0. The number of carbonyl (C=O) groups is 1. The second kappa shape index (κ2) is 8.23. The van der Waals surface area contributed by atoms with E-state index in [1.165, 1.54) is 24.9 Å². The molecule has 5 rings (SSSR count). The number of hydrogen-bond acceptors (Lipinski definition) is 4. The van der Waals surface area contributed by atoms with Crippen LogP contribution in [-0.2, 0) is 12.8 Å². The first-order valence-electron chi connectivity index (χ1n) is 11.9. The van der Waals surface area contributed by atoms with Crippen LogP contribution in [0.1, 0.15) is 68.3 Å². The van der Waals surface area contributed by atoms with Gasteiger partial charge in [0.15, 0.2) is 5.78 Å². The lowest BCUT2D eigenvalue weighted by Crippen LogP contribution is -2.29. The van der Waals surface area contributed by atoms with Crippen LogP contribution in [0.2, 0.25) is 0 Å². The van der Waals surface area contributed by atoms with Crippen molar-refractivity contribution in [1.82, 2.24) is 4.98 Å². The van der Waals surface area contributed by atoms with E-state index in [2.05, 4.69) is 49.9 Å². The van der Waals surface area contributed by atoms with Crippen LogP contribution in [0.15, 0.2) is 46.9 Å². The Morgan fingerprint density at radius 3 is 2.44 bits per heavy atom. The van der Waals surface area contributed by atoms with Gasteiger partial charge in [-0.05, 0) is 61.4 Å². The fourth-order valence-corrected chi connectivity index (χ4v) is 5.13. The van der Waals surface area contributed by atoms with Crippen molar-refractivity contribution in [2.45, 2.75) is 59.3 Å². The summed E-state index contributed by atoms with van der Waals surface area (Å²) >= 11 is 0. The number of anilines is 1. The van der Waals surface area contributed by atoms with E-state index >= 15 is 0 Å². The summed E-state index contributed by atoms with van der Waals surface area (Å²) in [5, 5.41) is 0. The summed E-state index contributed by atoms with van der Waals surface area (Å²) < 4.78 is 6.09. The molecule has 4 nitrogen and oxygen atoms in total. The van der Waals surface area contributed by atoms with Crippen LogP contribution >= 0.6 is 0 Å². The molecule has 0 atom stereocenters. The maximum absolute atomic E-state index is 13.2. The Morgan fingerprint density at radius 2 is 1.75 bits per heavy atom. The molecular formula is C28H32N2O2. The molecule has 0 unspecified atom stereocenters. The molecule has 32 heavy (non-hydrogen) atoms. The summed E-state index contributed by atoms with van der Waals surface area (Å²) in [5.41, 5.74) is 5.70. The molecule has 166 valence electrons. The quantitative estimate of drug-likeness (QED) is 0.463. The Bertz CT molecular complexity index is 1130. The molecule has 0 saturated carbocycles. The molecule has 3 heterocycles. The molecule has 0 spiro atoms. The van der Waals surface area contributed by atoms with E-state index in [4.69, 9.17) is 9.40 Å². The van der Waals surface area contributed by atoms with E-state index in [1.807, 2.05) is 18.2 Å². The third-order valence-corrected chi connectivity index (χ3v) is 6.82. The van der Waals surface area contributed by atoms with Crippen LogP contribution in [0, 0.1) is 5.41 Å². The van der Waals surface area contributed by atoms with Crippen LogP contribution in [0.3, 0.4) is 0 Å². The number of furan rings is 1. The lowest BCUT2D eigenvalue weighted by atomic mass is 9.74. The number of carbonyl (C=O) groups excluding carboxylic acids is 1. The van der Waals surface area contributed by atoms with Crippen molar-refractivity contribution >= 4 is 11.5 Å². The van der Waals surface area contributed by atoms with Gasteiger partial charge in [-0.1, -0.05) is 32.9 Å². The number of Topliss-reactive ketones (excluding diaryl/α,β-unsaturated/α-hetero) is 1. The molecule has 1 saturated heterocycles. The van der Waals surface area contributed by atoms with Gasteiger partial charge in [-0.3, -0.25) is 9.78 Å². The minimum atomic E-state index is -0.0805. The first-order valence-corrected chi connectivity index (χ1v) is 11.9. The topological polar surface area (TPSA) is 46.3 Å². The van der Waals surface area contributed by atoms with Gasteiger partial charge in [0.05, 0.1) is 17.0 Å². The number of pyridine rings is 1. The highest BCUT2D eigenvalue weighted by molar-refractivity contribution is 6.04. The highest BCUT2D eigenvalue weighted by atomic mass is 16.3. The molecule has 0 radical (unpaired) electrons. The Labute approximate surface area is 190 Å². The van der Waals surface area contributed by atoms with E-state index in [0.717, 1.165) is 65.5 Å². The monoisotopic (exact) mass is 428 g/mol. The summed E-state index contributed by atoms with van der Waals surface area (Å²) in [5.74, 6) is 1.86. The van der Waals surface area contributed by atoms with Gasteiger partial charge in [-0.2, -0.15) is 0 Å². The zero-order valence-corrected chi connectivity index (χ0v) is 19.4. The molecule has 3 aromatic rings. The van der Waals surface area contributed by atoms with Crippen molar-refractivity contribution in [2.75, 3.05) is 18.0 Å². The van der Waals surface area contributed by atoms with Gasteiger partial charge in [-0.15, -0.1) is 0 Å². The normalized spacial score (nSPS) is 18.0. The summed E-state index contributed by atoms with van der Waals surface area (Å²) in [6.45, 7) is 8.65. The minimum absolute atomic E-state index is 0.0805. The van der Waals surface area contributed by atoms with Crippen LogP contribution in [-0.4, -0.2) is 23.9 Å². The third kappa shape index (κ3) is 3.99. The van der Waals surface area contributed by atoms with Gasteiger partial charge < -0.3 is 9.32 Å². The van der Waals surface area contributed by atoms with E-state index in [0.29, 0.717) is 6.42 Å². The number of rotatable bonds is 4. The number of hydrogen-bond donors (Lipinski definition) is 0. The smallest absolute Gasteiger partial charge is 0.165 e. The average Bonchev–Trinajstić information content (AvgIpc) is 3.27. The Balaban J connectivity index is 1.58. The molecule has 0 amide bonds. The Morgan fingerprint density at radius 1 is 1.00 bits per heavy atom. The van der Waals surface area contributed by atoms with Crippen LogP contribution in [0.25, 0.3) is 22.6 Å². The number of ketones is 1. The Kier molecular flexibility index (Phi) is 5.40. The summed E-state index contributed by atoms with van der Waals surface area (Å²) in [6, 6.07) is 14.8. The molecule has 0 N–H and O–H groups in total. The molecule has 0 bridgehead atoms. The summed E-state index contributed by atoms with van der Waals surface area (Å²) in [4.78, 5) is 20.6. The minimum Gasteiger partial charge on any atom is -0.461 e. The van der Waals surface area contributed by atoms with Gasteiger partial charge in [0.1, 0.15) is 11.5 Å². The molecule has 4 heteroatoms. The van der Waals surface area contributed by atoms with E-state index in [9.17, 15) is 4.79 Å². The van der Waals surface area contributed by atoms with Crippen LogP contribution in [0.5, 0.6) is 0 Å². The predicted octanol–water partition coefficient (Wildman–Crippen LogP) is 6.72. The largest absolute Gasteiger partial charge is 0.461 e. The van der Waals surface area contributed by atoms with Gasteiger partial charge >= 0.3 is 0 Å². The standard InChI is InChI=1S/C28H32N2O2/c1-4-21-12-13-26(32-21)22-16-23(29-24-17-28(2,3)18-25(31)27(22)24)19-8-10-20(11-9-19)30-14-6-5-7-15-30/h8-13,16H,4-7,14-15,17-18H2,1-3H3. The lowest BCUT2D eigenvalue weighted by molar-refractivity contribution is 0.0911. The Hall–Kier alpha value is -2.88. The highest BCUT2D eigenvalue weighted by Crippen LogP contribution is 2.40. The van der Waals surface area contributed by atoms with Crippen LogP contribution in [0.4, 0.5) is 5.69 Å². The molecule has 1 aliphatic heterocycles. The SMILES string of the molecule is CCc1ccc(-c2cc(-c3ccc(N4CCCCC4)cc3)nc3c2C(=O)CC(C)(C)C3)o1.